The van der Waals surface area contributed by atoms with Gasteiger partial charge in [-0.3, -0.25) is 0 Å². The number of fused-ring (bicyclic) bond motifs is 1. The van der Waals surface area contributed by atoms with Crippen LogP contribution in [0.1, 0.15) is 22.8 Å². The van der Waals surface area contributed by atoms with Crippen LogP contribution in [0.4, 0.5) is 13.2 Å². The van der Waals surface area contributed by atoms with Crippen LogP contribution in [-0.4, -0.2) is 6.54 Å². The number of hydrogen-bond donors (Lipinski definition) is 1. The second-order valence-corrected chi connectivity index (χ2v) is 4.96. The highest BCUT2D eigenvalue weighted by Gasteiger charge is 2.30. The van der Waals surface area contributed by atoms with Crippen molar-refractivity contribution >= 4 is 12.4 Å². The van der Waals surface area contributed by atoms with Gasteiger partial charge in [-0.2, -0.15) is 13.2 Å². The standard InChI is InChI=1S/C16H14F3NO.ClH/c17-16(18,19)12-5-7-13(8-6-12)21-15-10-20-9-11-3-1-2-4-14(11)15;/h1-8,15,20H,9-10H2;1H. The van der Waals surface area contributed by atoms with E-state index in [0.717, 1.165) is 29.8 Å². The molecule has 0 saturated carbocycles. The first-order valence-corrected chi connectivity index (χ1v) is 6.66. The number of rotatable bonds is 2. The van der Waals surface area contributed by atoms with Crippen LogP contribution in [0.3, 0.4) is 0 Å². The molecule has 2 nitrogen and oxygen atoms in total. The molecule has 0 saturated heterocycles. The lowest BCUT2D eigenvalue weighted by atomic mass is 9.99. The highest BCUT2D eigenvalue weighted by atomic mass is 35.5. The molecule has 0 amide bonds. The molecule has 0 radical (unpaired) electrons. The summed E-state index contributed by atoms with van der Waals surface area (Å²) >= 11 is 0. The monoisotopic (exact) mass is 329 g/mol. The molecule has 3 rings (SSSR count). The van der Waals surface area contributed by atoms with Gasteiger partial charge in [-0.05, 0) is 35.4 Å². The van der Waals surface area contributed by atoms with Gasteiger partial charge in [0.2, 0.25) is 0 Å². The zero-order chi connectivity index (χ0) is 14.9. The molecule has 1 N–H and O–H groups in total. The minimum atomic E-state index is -4.32. The first-order chi connectivity index (χ1) is 10.0. The van der Waals surface area contributed by atoms with Crippen molar-refractivity contribution in [3.8, 4) is 5.75 Å². The summed E-state index contributed by atoms with van der Waals surface area (Å²) in [4.78, 5) is 0. The number of nitrogens with one attached hydrogen (secondary N) is 1. The summed E-state index contributed by atoms with van der Waals surface area (Å²) in [7, 11) is 0. The van der Waals surface area contributed by atoms with Gasteiger partial charge in [-0.15, -0.1) is 12.4 Å². The number of ether oxygens (including phenoxy) is 1. The Bertz CT molecular complexity index is 628. The molecule has 2 aromatic rings. The zero-order valence-corrected chi connectivity index (χ0v) is 12.4. The van der Waals surface area contributed by atoms with Crippen molar-refractivity contribution < 1.29 is 17.9 Å². The quantitative estimate of drug-likeness (QED) is 0.884. The fourth-order valence-electron chi connectivity index (χ4n) is 2.45. The Hall–Kier alpha value is -1.72. The highest BCUT2D eigenvalue weighted by Crippen LogP contribution is 2.32. The van der Waals surface area contributed by atoms with Gasteiger partial charge in [0.15, 0.2) is 0 Å². The van der Waals surface area contributed by atoms with Crippen LogP contribution in [0.15, 0.2) is 48.5 Å². The van der Waals surface area contributed by atoms with E-state index in [4.69, 9.17) is 4.74 Å². The lowest BCUT2D eigenvalue weighted by Gasteiger charge is -2.27. The minimum absolute atomic E-state index is 0. The molecule has 0 fully saturated rings. The molecule has 0 spiro atoms. The maximum absolute atomic E-state index is 12.5. The van der Waals surface area contributed by atoms with Crippen LogP contribution < -0.4 is 10.1 Å². The fraction of sp³-hybridized carbons (Fsp3) is 0.250. The fourth-order valence-corrected chi connectivity index (χ4v) is 2.45. The lowest BCUT2D eigenvalue weighted by Crippen LogP contribution is -2.31. The van der Waals surface area contributed by atoms with Gasteiger partial charge >= 0.3 is 6.18 Å². The molecule has 1 atom stereocenters. The van der Waals surface area contributed by atoms with Gasteiger partial charge < -0.3 is 10.1 Å². The summed E-state index contributed by atoms with van der Waals surface area (Å²) in [6, 6.07) is 12.7. The average Bonchev–Trinajstić information content (AvgIpc) is 2.47. The predicted octanol–water partition coefficient (Wildman–Crippen LogP) is 4.35. The molecule has 22 heavy (non-hydrogen) atoms. The summed E-state index contributed by atoms with van der Waals surface area (Å²) in [6.45, 7) is 1.42. The molecule has 1 heterocycles. The van der Waals surface area contributed by atoms with Crippen LogP contribution in [0, 0.1) is 0 Å². The van der Waals surface area contributed by atoms with E-state index in [1.165, 1.54) is 12.1 Å². The van der Waals surface area contributed by atoms with Crippen molar-refractivity contribution in [2.75, 3.05) is 6.54 Å². The third-order valence-corrected chi connectivity index (χ3v) is 3.51. The zero-order valence-electron chi connectivity index (χ0n) is 11.6. The topological polar surface area (TPSA) is 21.3 Å². The van der Waals surface area contributed by atoms with Crippen molar-refractivity contribution in [2.24, 2.45) is 0 Å². The summed E-state index contributed by atoms with van der Waals surface area (Å²) < 4.78 is 43.4. The molecule has 118 valence electrons. The maximum Gasteiger partial charge on any atom is 0.416 e. The van der Waals surface area contributed by atoms with E-state index >= 15 is 0 Å². The first-order valence-electron chi connectivity index (χ1n) is 6.66. The highest BCUT2D eigenvalue weighted by molar-refractivity contribution is 5.85. The van der Waals surface area contributed by atoms with Crippen LogP contribution in [0.25, 0.3) is 0 Å². The van der Waals surface area contributed by atoms with E-state index in [0.29, 0.717) is 12.3 Å². The third-order valence-electron chi connectivity index (χ3n) is 3.51. The number of hydrogen-bond acceptors (Lipinski definition) is 2. The Balaban J connectivity index is 0.00000176. The van der Waals surface area contributed by atoms with Gasteiger partial charge in [-0.1, -0.05) is 24.3 Å². The van der Waals surface area contributed by atoms with E-state index in [-0.39, 0.29) is 18.5 Å². The second kappa shape index (κ2) is 6.58. The van der Waals surface area contributed by atoms with E-state index in [2.05, 4.69) is 5.32 Å². The molecule has 6 heteroatoms. The van der Waals surface area contributed by atoms with Crippen molar-refractivity contribution in [1.29, 1.82) is 0 Å². The molecule has 2 aromatic carbocycles. The van der Waals surface area contributed by atoms with Crippen molar-refractivity contribution in [2.45, 2.75) is 18.8 Å². The van der Waals surface area contributed by atoms with Gasteiger partial charge in [-0.25, -0.2) is 0 Å². The van der Waals surface area contributed by atoms with Gasteiger partial charge in [0, 0.05) is 13.1 Å². The molecule has 1 aliphatic rings. The first kappa shape index (κ1) is 16.6. The normalized spacial score (nSPS) is 17.3. The van der Waals surface area contributed by atoms with Crippen LogP contribution >= 0.6 is 12.4 Å². The third kappa shape index (κ3) is 3.54. The Kier molecular flexibility index (Phi) is 4.98. The van der Waals surface area contributed by atoms with Crippen LogP contribution in [0.5, 0.6) is 5.75 Å². The number of alkyl halides is 3. The molecule has 1 unspecified atom stereocenters. The van der Waals surface area contributed by atoms with Gasteiger partial charge in [0.1, 0.15) is 11.9 Å². The Morgan fingerprint density at radius 2 is 1.68 bits per heavy atom. The predicted molar refractivity (Wildman–Crippen MR) is 80.2 cm³/mol. The summed E-state index contributed by atoms with van der Waals surface area (Å²) in [5.74, 6) is 0.437. The minimum Gasteiger partial charge on any atom is -0.484 e. The molecule has 0 aliphatic carbocycles. The maximum atomic E-state index is 12.5. The molecule has 1 aliphatic heterocycles. The summed E-state index contributed by atoms with van der Waals surface area (Å²) in [5, 5.41) is 3.24. The lowest BCUT2D eigenvalue weighted by molar-refractivity contribution is -0.137. The largest absolute Gasteiger partial charge is 0.484 e. The smallest absolute Gasteiger partial charge is 0.416 e. The summed E-state index contributed by atoms with van der Waals surface area (Å²) in [6.07, 6.45) is -4.51. The Labute approximate surface area is 132 Å². The number of halogens is 4. The van der Waals surface area contributed by atoms with E-state index in [9.17, 15) is 13.2 Å². The molecular formula is C16H15ClF3NO. The van der Waals surface area contributed by atoms with E-state index < -0.39 is 11.7 Å². The van der Waals surface area contributed by atoms with Gasteiger partial charge in [0.05, 0.1) is 5.56 Å². The SMILES string of the molecule is Cl.FC(F)(F)c1ccc(OC2CNCc3ccccc32)cc1. The van der Waals surface area contributed by atoms with Crippen molar-refractivity contribution in [1.82, 2.24) is 5.32 Å². The molecule has 0 bridgehead atoms. The Morgan fingerprint density at radius 1 is 1.00 bits per heavy atom. The van der Waals surface area contributed by atoms with Crippen molar-refractivity contribution in [3.05, 3.63) is 65.2 Å². The summed E-state index contributed by atoms with van der Waals surface area (Å²) in [5.41, 5.74) is 1.56. The molecular weight excluding hydrogens is 315 g/mol. The van der Waals surface area contributed by atoms with Crippen LogP contribution in [-0.2, 0) is 12.7 Å². The van der Waals surface area contributed by atoms with Crippen molar-refractivity contribution in [3.63, 3.8) is 0 Å². The molecule has 0 aromatic heterocycles. The van der Waals surface area contributed by atoms with E-state index in [1.807, 2.05) is 24.3 Å². The van der Waals surface area contributed by atoms with E-state index in [1.54, 1.807) is 0 Å². The van der Waals surface area contributed by atoms with Gasteiger partial charge in [0.25, 0.3) is 0 Å². The second-order valence-electron chi connectivity index (χ2n) is 4.96. The Morgan fingerprint density at radius 3 is 2.36 bits per heavy atom. The average molecular weight is 330 g/mol. The number of benzene rings is 2. The van der Waals surface area contributed by atoms with Crippen LogP contribution in [0.2, 0.25) is 0 Å².